The lowest BCUT2D eigenvalue weighted by molar-refractivity contribution is -0.141. The van der Waals surface area contributed by atoms with Gasteiger partial charge < -0.3 is 10.4 Å². The number of carboxylic acid groups (broad SMARTS) is 1. The van der Waals surface area contributed by atoms with Gasteiger partial charge in [0.15, 0.2) is 0 Å². The number of nitrogens with zero attached hydrogens (tertiary/aromatic N) is 2. The highest BCUT2D eigenvalue weighted by Gasteiger charge is 2.22. The third-order valence-electron chi connectivity index (χ3n) is 2.75. The van der Waals surface area contributed by atoms with E-state index in [4.69, 9.17) is 5.11 Å². The van der Waals surface area contributed by atoms with Crippen molar-refractivity contribution in [3.8, 4) is 0 Å². The predicted octanol–water partition coefficient (Wildman–Crippen LogP) is 0.943. The van der Waals surface area contributed by atoms with Crippen molar-refractivity contribution < 1.29 is 14.7 Å². The Kier molecular flexibility index (Phi) is 4.63. The topological polar surface area (TPSA) is 108 Å². The third-order valence-corrected chi connectivity index (χ3v) is 2.75. The summed E-state index contributed by atoms with van der Waals surface area (Å²) >= 11 is 0. The monoisotopic (exact) mass is 268 g/mol. The fraction of sp³-hybridized carbons (Fsp3) is 0.667. The number of carbonyl (C=O) groups excluding carboxylic acids is 1. The van der Waals surface area contributed by atoms with Gasteiger partial charge in [-0.05, 0) is 6.42 Å². The van der Waals surface area contributed by atoms with E-state index in [2.05, 4.69) is 20.5 Å². The molecular weight excluding hydrogens is 248 g/mol. The molecule has 0 aliphatic carbocycles. The van der Waals surface area contributed by atoms with Crippen molar-refractivity contribution in [3.05, 3.63) is 11.6 Å². The number of carbonyl (C=O) groups is 2. The molecule has 7 heteroatoms. The van der Waals surface area contributed by atoms with Crippen molar-refractivity contribution in [2.75, 3.05) is 6.54 Å². The van der Waals surface area contributed by atoms with E-state index in [1.54, 1.807) is 6.92 Å². The molecule has 0 radical (unpaired) electrons. The van der Waals surface area contributed by atoms with Crippen LogP contribution in [-0.2, 0) is 10.2 Å². The molecule has 0 saturated carbocycles. The van der Waals surface area contributed by atoms with Gasteiger partial charge in [-0.25, -0.2) is 4.98 Å². The van der Waals surface area contributed by atoms with Crippen molar-refractivity contribution in [1.29, 1.82) is 0 Å². The first-order valence-corrected chi connectivity index (χ1v) is 6.19. The minimum Gasteiger partial charge on any atom is -0.481 e. The molecule has 0 aliphatic rings. The summed E-state index contributed by atoms with van der Waals surface area (Å²) in [5, 5.41) is 18.0. The van der Waals surface area contributed by atoms with Gasteiger partial charge in [0.1, 0.15) is 5.82 Å². The molecule has 106 valence electrons. The summed E-state index contributed by atoms with van der Waals surface area (Å²) in [6.45, 7) is 7.69. The van der Waals surface area contributed by atoms with Gasteiger partial charge in [0.2, 0.25) is 5.82 Å². The zero-order valence-electron chi connectivity index (χ0n) is 11.6. The maximum Gasteiger partial charge on any atom is 0.308 e. The number of amides is 1. The van der Waals surface area contributed by atoms with Gasteiger partial charge in [-0.3, -0.25) is 14.7 Å². The zero-order valence-corrected chi connectivity index (χ0v) is 11.6. The number of hydrogen-bond donors (Lipinski definition) is 3. The second-order valence-corrected chi connectivity index (χ2v) is 5.41. The SMILES string of the molecule is CCC(CNC(=O)c1n[nH]c(C(C)(C)C)n1)C(=O)O. The normalized spacial score (nSPS) is 13.1. The molecule has 0 aromatic carbocycles. The summed E-state index contributed by atoms with van der Waals surface area (Å²) in [5.74, 6) is -1.34. The minimum absolute atomic E-state index is 0.0326. The second kappa shape index (κ2) is 5.81. The highest BCUT2D eigenvalue weighted by Crippen LogP contribution is 2.17. The summed E-state index contributed by atoms with van der Waals surface area (Å²) < 4.78 is 0. The Morgan fingerprint density at radius 1 is 1.42 bits per heavy atom. The Balaban J connectivity index is 2.64. The molecule has 1 unspecified atom stereocenters. The van der Waals surface area contributed by atoms with Crippen LogP contribution in [0, 0.1) is 5.92 Å². The molecule has 1 aromatic rings. The van der Waals surface area contributed by atoms with Gasteiger partial charge in [0.25, 0.3) is 5.91 Å². The van der Waals surface area contributed by atoms with Crippen LogP contribution in [0.3, 0.4) is 0 Å². The molecule has 1 rings (SSSR count). The molecule has 0 fully saturated rings. The predicted molar refractivity (Wildman–Crippen MR) is 68.8 cm³/mol. The Morgan fingerprint density at radius 3 is 2.47 bits per heavy atom. The van der Waals surface area contributed by atoms with Gasteiger partial charge >= 0.3 is 5.97 Å². The van der Waals surface area contributed by atoms with E-state index in [0.717, 1.165) is 0 Å². The number of rotatable bonds is 5. The molecule has 0 spiro atoms. The maximum atomic E-state index is 11.8. The fourth-order valence-corrected chi connectivity index (χ4v) is 1.40. The highest BCUT2D eigenvalue weighted by atomic mass is 16.4. The van der Waals surface area contributed by atoms with Crippen molar-refractivity contribution in [2.45, 2.75) is 39.5 Å². The van der Waals surface area contributed by atoms with Gasteiger partial charge in [0, 0.05) is 12.0 Å². The molecule has 0 aliphatic heterocycles. The third kappa shape index (κ3) is 4.04. The van der Waals surface area contributed by atoms with Crippen LogP contribution >= 0.6 is 0 Å². The van der Waals surface area contributed by atoms with Gasteiger partial charge in [0.05, 0.1) is 5.92 Å². The molecule has 3 N–H and O–H groups in total. The van der Waals surface area contributed by atoms with Gasteiger partial charge in [-0.15, -0.1) is 5.10 Å². The van der Waals surface area contributed by atoms with Crippen LogP contribution in [0.15, 0.2) is 0 Å². The molecule has 7 nitrogen and oxygen atoms in total. The Bertz CT molecular complexity index is 462. The van der Waals surface area contributed by atoms with Crippen LogP contribution in [0.2, 0.25) is 0 Å². The van der Waals surface area contributed by atoms with Gasteiger partial charge in [-0.2, -0.15) is 0 Å². The summed E-state index contributed by atoms with van der Waals surface area (Å²) in [6, 6.07) is 0. The molecule has 19 heavy (non-hydrogen) atoms. The van der Waals surface area contributed by atoms with E-state index >= 15 is 0 Å². The number of nitrogens with one attached hydrogen (secondary N) is 2. The first kappa shape index (κ1) is 15.1. The molecule has 1 aromatic heterocycles. The van der Waals surface area contributed by atoms with Crippen LogP contribution in [0.1, 0.15) is 50.6 Å². The largest absolute Gasteiger partial charge is 0.481 e. The van der Waals surface area contributed by atoms with Crippen molar-refractivity contribution in [2.24, 2.45) is 5.92 Å². The second-order valence-electron chi connectivity index (χ2n) is 5.41. The number of hydrogen-bond acceptors (Lipinski definition) is 4. The van der Waals surface area contributed by atoms with E-state index in [1.807, 2.05) is 20.8 Å². The lowest BCUT2D eigenvalue weighted by Crippen LogP contribution is -2.33. The van der Waals surface area contributed by atoms with Crippen LogP contribution < -0.4 is 5.32 Å². The number of carboxylic acids is 1. The fourth-order valence-electron chi connectivity index (χ4n) is 1.40. The summed E-state index contributed by atoms with van der Waals surface area (Å²) in [6.07, 6.45) is 0.455. The Hall–Kier alpha value is -1.92. The quantitative estimate of drug-likeness (QED) is 0.736. The van der Waals surface area contributed by atoms with E-state index in [9.17, 15) is 9.59 Å². The first-order valence-electron chi connectivity index (χ1n) is 6.19. The molecular formula is C12H20N4O3. The van der Waals surface area contributed by atoms with Crippen LogP contribution in [0.5, 0.6) is 0 Å². The molecule has 1 atom stereocenters. The minimum atomic E-state index is -0.923. The molecule has 1 amide bonds. The lowest BCUT2D eigenvalue weighted by Gasteiger charge is -2.13. The average molecular weight is 268 g/mol. The first-order chi connectivity index (χ1) is 8.75. The van der Waals surface area contributed by atoms with Crippen molar-refractivity contribution in [3.63, 3.8) is 0 Å². The van der Waals surface area contributed by atoms with Crippen LogP contribution in [-0.4, -0.2) is 38.7 Å². The number of aromatic nitrogens is 3. The summed E-state index contributed by atoms with van der Waals surface area (Å²) in [7, 11) is 0. The molecule has 1 heterocycles. The van der Waals surface area contributed by atoms with E-state index < -0.39 is 17.8 Å². The van der Waals surface area contributed by atoms with Gasteiger partial charge in [-0.1, -0.05) is 27.7 Å². The average Bonchev–Trinajstić information content (AvgIpc) is 2.77. The maximum absolute atomic E-state index is 11.8. The summed E-state index contributed by atoms with van der Waals surface area (Å²) in [5.41, 5.74) is -0.224. The van der Waals surface area contributed by atoms with E-state index in [0.29, 0.717) is 12.2 Å². The smallest absolute Gasteiger partial charge is 0.308 e. The number of aliphatic carboxylic acids is 1. The standard InChI is InChI=1S/C12H20N4O3/c1-5-7(10(18)19)6-13-9(17)8-14-11(16-15-8)12(2,3)4/h7H,5-6H2,1-4H3,(H,13,17)(H,18,19)(H,14,15,16). The summed E-state index contributed by atoms with van der Waals surface area (Å²) in [4.78, 5) is 26.7. The van der Waals surface area contributed by atoms with Crippen LogP contribution in [0.4, 0.5) is 0 Å². The Morgan fingerprint density at radius 2 is 2.05 bits per heavy atom. The number of H-pyrrole nitrogens is 1. The van der Waals surface area contributed by atoms with E-state index in [-0.39, 0.29) is 17.8 Å². The van der Waals surface area contributed by atoms with Crippen LogP contribution in [0.25, 0.3) is 0 Å². The highest BCUT2D eigenvalue weighted by molar-refractivity contribution is 5.90. The molecule has 0 bridgehead atoms. The zero-order chi connectivity index (χ0) is 14.6. The lowest BCUT2D eigenvalue weighted by atomic mass is 9.96. The molecule has 0 saturated heterocycles. The van der Waals surface area contributed by atoms with Crippen molar-refractivity contribution in [1.82, 2.24) is 20.5 Å². The van der Waals surface area contributed by atoms with Crippen molar-refractivity contribution >= 4 is 11.9 Å². The van der Waals surface area contributed by atoms with E-state index in [1.165, 1.54) is 0 Å². The Labute approximate surface area is 111 Å². The number of aromatic amines is 1.